The van der Waals surface area contributed by atoms with E-state index in [1.165, 1.54) is 6.07 Å². The molecule has 0 fully saturated rings. The van der Waals surface area contributed by atoms with Crippen molar-refractivity contribution in [3.63, 3.8) is 0 Å². The van der Waals surface area contributed by atoms with Gasteiger partial charge in [-0.3, -0.25) is 0 Å². The number of benzene rings is 2. The van der Waals surface area contributed by atoms with Crippen molar-refractivity contribution in [1.82, 2.24) is 5.32 Å². The average molecular weight is 292 g/mol. The molecule has 0 saturated heterocycles. The largest absolute Gasteiger partial charge is 0.313 e. The van der Waals surface area contributed by atoms with Crippen LogP contribution in [0.4, 0.5) is 4.39 Å². The van der Waals surface area contributed by atoms with Crippen LogP contribution >= 0.6 is 11.6 Å². The van der Waals surface area contributed by atoms with Crippen LogP contribution in [-0.4, -0.2) is 6.54 Å². The molecular formula is C17H19ClFN. The normalized spacial score (nSPS) is 10.8. The first-order chi connectivity index (χ1) is 9.63. The molecule has 2 rings (SSSR count). The lowest BCUT2D eigenvalue weighted by molar-refractivity contribution is 0.619. The Morgan fingerprint density at radius 1 is 1.20 bits per heavy atom. The summed E-state index contributed by atoms with van der Waals surface area (Å²) in [7, 11) is 0. The molecule has 0 saturated carbocycles. The highest BCUT2D eigenvalue weighted by Gasteiger charge is 2.08. The first-order valence-electron chi connectivity index (χ1n) is 6.88. The monoisotopic (exact) mass is 291 g/mol. The minimum atomic E-state index is -0.188. The summed E-state index contributed by atoms with van der Waals surface area (Å²) >= 11 is 6.32. The Kier molecular flexibility index (Phi) is 5.16. The Balaban J connectivity index is 2.26. The molecule has 0 amide bonds. The maximum Gasteiger partial charge on any atom is 0.126 e. The van der Waals surface area contributed by atoms with Crippen LogP contribution in [0.2, 0.25) is 5.02 Å². The number of hydrogen-bond acceptors (Lipinski definition) is 1. The van der Waals surface area contributed by atoms with E-state index in [1.54, 1.807) is 13.0 Å². The lowest BCUT2D eigenvalue weighted by atomic mass is 9.99. The van der Waals surface area contributed by atoms with Gasteiger partial charge in [0, 0.05) is 11.6 Å². The van der Waals surface area contributed by atoms with E-state index in [9.17, 15) is 4.39 Å². The SMILES string of the molecule is CCCNCc1ccc(-c2cccc(F)c2C)cc1Cl. The van der Waals surface area contributed by atoms with Crippen molar-refractivity contribution in [3.8, 4) is 11.1 Å². The van der Waals surface area contributed by atoms with Crippen molar-refractivity contribution in [2.75, 3.05) is 6.54 Å². The van der Waals surface area contributed by atoms with Gasteiger partial charge in [0.2, 0.25) is 0 Å². The van der Waals surface area contributed by atoms with Crippen LogP contribution in [0.25, 0.3) is 11.1 Å². The molecule has 0 radical (unpaired) electrons. The minimum absolute atomic E-state index is 0.188. The Hall–Kier alpha value is -1.38. The molecular weight excluding hydrogens is 273 g/mol. The van der Waals surface area contributed by atoms with E-state index < -0.39 is 0 Å². The van der Waals surface area contributed by atoms with Gasteiger partial charge in [-0.25, -0.2) is 4.39 Å². The second-order valence-electron chi connectivity index (χ2n) is 4.90. The lowest BCUT2D eigenvalue weighted by Crippen LogP contribution is -2.13. The summed E-state index contributed by atoms with van der Waals surface area (Å²) in [5.41, 5.74) is 3.56. The zero-order chi connectivity index (χ0) is 14.5. The Morgan fingerprint density at radius 2 is 2.00 bits per heavy atom. The van der Waals surface area contributed by atoms with E-state index in [2.05, 4.69) is 12.2 Å². The minimum Gasteiger partial charge on any atom is -0.313 e. The van der Waals surface area contributed by atoms with Gasteiger partial charge in [-0.05, 0) is 54.3 Å². The molecule has 1 nitrogen and oxygen atoms in total. The zero-order valence-corrected chi connectivity index (χ0v) is 12.6. The smallest absolute Gasteiger partial charge is 0.126 e. The maximum absolute atomic E-state index is 13.6. The molecule has 106 valence electrons. The molecule has 3 heteroatoms. The molecule has 2 aromatic carbocycles. The topological polar surface area (TPSA) is 12.0 Å². The predicted molar refractivity (Wildman–Crippen MR) is 83.6 cm³/mol. The van der Waals surface area contributed by atoms with Crippen molar-refractivity contribution in [2.45, 2.75) is 26.8 Å². The summed E-state index contributed by atoms with van der Waals surface area (Å²) in [6.45, 7) is 5.65. The highest BCUT2D eigenvalue weighted by Crippen LogP contribution is 2.29. The molecule has 0 aliphatic rings. The summed E-state index contributed by atoms with van der Waals surface area (Å²) < 4.78 is 13.6. The molecule has 1 N–H and O–H groups in total. The second kappa shape index (κ2) is 6.87. The molecule has 2 aromatic rings. The lowest BCUT2D eigenvalue weighted by Gasteiger charge is -2.10. The van der Waals surface area contributed by atoms with Crippen LogP contribution in [0.3, 0.4) is 0 Å². The van der Waals surface area contributed by atoms with Gasteiger partial charge in [0.1, 0.15) is 5.82 Å². The van der Waals surface area contributed by atoms with Gasteiger partial charge >= 0.3 is 0 Å². The van der Waals surface area contributed by atoms with Crippen molar-refractivity contribution in [2.24, 2.45) is 0 Å². The molecule has 0 heterocycles. The third-order valence-electron chi connectivity index (χ3n) is 3.37. The van der Waals surface area contributed by atoms with Gasteiger partial charge in [-0.1, -0.05) is 42.8 Å². The van der Waals surface area contributed by atoms with Crippen LogP contribution < -0.4 is 5.32 Å². The van der Waals surface area contributed by atoms with Crippen LogP contribution in [0.5, 0.6) is 0 Å². The molecule has 0 aromatic heterocycles. The molecule has 0 spiro atoms. The Labute approximate surface area is 124 Å². The first-order valence-corrected chi connectivity index (χ1v) is 7.26. The Bertz CT molecular complexity index is 596. The summed E-state index contributed by atoms with van der Waals surface area (Å²) in [5, 5.41) is 4.04. The van der Waals surface area contributed by atoms with Gasteiger partial charge in [-0.2, -0.15) is 0 Å². The predicted octanol–water partition coefficient (Wildman–Crippen LogP) is 4.95. The van der Waals surface area contributed by atoms with Crippen molar-refractivity contribution in [3.05, 3.63) is 58.4 Å². The van der Waals surface area contributed by atoms with Crippen LogP contribution in [-0.2, 0) is 6.54 Å². The van der Waals surface area contributed by atoms with E-state index in [-0.39, 0.29) is 5.82 Å². The molecule has 0 aliphatic heterocycles. The van der Waals surface area contributed by atoms with Crippen LogP contribution in [0.1, 0.15) is 24.5 Å². The molecule has 20 heavy (non-hydrogen) atoms. The highest BCUT2D eigenvalue weighted by atomic mass is 35.5. The van der Waals surface area contributed by atoms with E-state index in [4.69, 9.17) is 11.6 Å². The van der Waals surface area contributed by atoms with Gasteiger partial charge in [0.25, 0.3) is 0 Å². The fourth-order valence-corrected chi connectivity index (χ4v) is 2.43. The van der Waals surface area contributed by atoms with Crippen LogP contribution in [0, 0.1) is 12.7 Å². The maximum atomic E-state index is 13.6. The number of rotatable bonds is 5. The first kappa shape index (κ1) is 15.0. The van der Waals surface area contributed by atoms with E-state index in [0.29, 0.717) is 5.56 Å². The van der Waals surface area contributed by atoms with Gasteiger partial charge in [0.05, 0.1) is 0 Å². The summed E-state index contributed by atoms with van der Waals surface area (Å²) in [5.74, 6) is -0.188. The summed E-state index contributed by atoms with van der Waals surface area (Å²) in [6.07, 6.45) is 1.10. The number of halogens is 2. The second-order valence-corrected chi connectivity index (χ2v) is 5.30. The fraction of sp³-hybridized carbons (Fsp3) is 0.294. The highest BCUT2D eigenvalue weighted by molar-refractivity contribution is 6.31. The van der Waals surface area contributed by atoms with Crippen molar-refractivity contribution < 1.29 is 4.39 Å². The van der Waals surface area contributed by atoms with Gasteiger partial charge < -0.3 is 5.32 Å². The van der Waals surface area contributed by atoms with Crippen LogP contribution in [0.15, 0.2) is 36.4 Å². The van der Waals surface area contributed by atoms with Gasteiger partial charge in [0.15, 0.2) is 0 Å². The Morgan fingerprint density at radius 3 is 2.70 bits per heavy atom. The molecule has 0 unspecified atom stereocenters. The zero-order valence-electron chi connectivity index (χ0n) is 11.8. The third-order valence-corrected chi connectivity index (χ3v) is 3.73. The summed E-state index contributed by atoms with van der Waals surface area (Å²) in [6, 6.07) is 11.0. The van der Waals surface area contributed by atoms with Gasteiger partial charge in [-0.15, -0.1) is 0 Å². The van der Waals surface area contributed by atoms with E-state index in [0.717, 1.165) is 41.2 Å². The standard InChI is InChI=1S/C17H19ClFN/c1-3-9-20-11-14-8-7-13(10-16(14)18)15-5-4-6-17(19)12(15)2/h4-8,10,20H,3,9,11H2,1-2H3. The average Bonchev–Trinajstić information content (AvgIpc) is 2.44. The van der Waals surface area contributed by atoms with E-state index in [1.807, 2.05) is 24.3 Å². The summed E-state index contributed by atoms with van der Waals surface area (Å²) in [4.78, 5) is 0. The molecule has 0 aliphatic carbocycles. The third kappa shape index (κ3) is 3.38. The molecule has 0 bridgehead atoms. The molecule has 0 atom stereocenters. The number of nitrogens with one attached hydrogen (secondary N) is 1. The number of hydrogen-bond donors (Lipinski definition) is 1. The van der Waals surface area contributed by atoms with E-state index >= 15 is 0 Å². The van der Waals surface area contributed by atoms with Crippen molar-refractivity contribution >= 4 is 11.6 Å². The quantitative estimate of drug-likeness (QED) is 0.768. The van der Waals surface area contributed by atoms with Crippen molar-refractivity contribution in [1.29, 1.82) is 0 Å². The fourth-order valence-electron chi connectivity index (χ4n) is 2.18.